The molecule has 11 heteroatoms. The summed E-state index contributed by atoms with van der Waals surface area (Å²) >= 11 is 0. The number of nitrogens with zero attached hydrogens (tertiary/aromatic N) is 2. The minimum atomic E-state index is -3.98. The van der Waals surface area contributed by atoms with Crippen molar-refractivity contribution in [3.8, 4) is 0 Å². The summed E-state index contributed by atoms with van der Waals surface area (Å²) in [4.78, 5) is 43.7. The van der Waals surface area contributed by atoms with Crippen LogP contribution in [0.1, 0.15) is 41.9 Å². The zero-order valence-corrected chi connectivity index (χ0v) is 21.4. The van der Waals surface area contributed by atoms with Crippen molar-refractivity contribution in [2.24, 2.45) is 0 Å². The molecule has 0 bridgehead atoms. The molecule has 0 radical (unpaired) electrons. The summed E-state index contributed by atoms with van der Waals surface area (Å²) in [6.07, 6.45) is 1.73. The molecule has 0 aliphatic carbocycles. The molecule has 2 N–H and O–H groups in total. The summed E-state index contributed by atoms with van der Waals surface area (Å²) < 4.78 is 31.4. The summed E-state index contributed by atoms with van der Waals surface area (Å²) in [5.74, 6) is -1.88. The van der Waals surface area contributed by atoms with Crippen LogP contribution in [-0.2, 0) is 37.3 Å². The van der Waals surface area contributed by atoms with Crippen LogP contribution in [0.25, 0.3) is 10.9 Å². The first-order chi connectivity index (χ1) is 17.7. The van der Waals surface area contributed by atoms with E-state index < -0.39 is 34.4 Å². The summed E-state index contributed by atoms with van der Waals surface area (Å²) in [5, 5.41) is 3.25. The summed E-state index contributed by atoms with van der Waals surface area (Å²) in [5.41, 5.74) is 3.15. The Bertz CT molecular complexity index is 1450. The number of rotatable bonds is 8. The molecule has 0 spiro atoms. The molecule has 1 aliphatic heterocycles. The van der Waals surface area contributed by atoms with Crippen molar-refractivity contribution in [1.29, 1.82) is 0 Å². The highest BCUT2D eigenvalue weighted by Crippen LogP contribution is 2.29. The molecular weight excluding hydrogens is 496 g/mol. The van der Waals surface area contributed by atoms with Crippen LogP contribution in [0, 0.1) is 0 Å². The van der Waals surface area contributed by atoms with Gasteiger partial charge in [0.2, 0.25) is 5.91 Å². The second-order valence-electron chi connectivity index (χ2n) is 8.77. The van der Waals surface area contributed by atoms with Gasteiger partial charge in [-0.1, -0.05) is 25.1 Å². The standard InChI is InChI=1S/C26H28N4O6S/c1-3-13-30-14-12-23-21(15-30)25(20-6-4-5-7-22(20)28-23)26(33)36-16-24(32)27-18-8-10-19(11-9-18)37(34,35)29-17(2)31/h4-11H,3,12-16H2,1-2H3,(H,27,32)(H,29,31). The van der Waals surface area contributed by atoms with Crippen molar-refractivity contribution in [1.82, 2.24) is 14.6 Å². The molecule has 2 amide bonds. The number of aromatic nitrogens is 1. The van der Waals surface area contributed by atoms with E-state index in [-0.39, 0.29) is 4.90 Å². The van der Waals surface area contributed by atoms with Crippen LogP contribution in [0.5, 0.6) is 0 Å². The van der Waals surface area contributed by atoms with E-state index in [9.17, 15) is 22.8 Å². The van der Waals surface area contributed by atoms with E-state index in [1.807, 2.05) is 29.0 Å². The van der Waals surface area contributed by atoms with E-state index in [2.05, 4.69) is 17.1 Å². The van der Waals surface area contributed by atoms with Crippen LogP contribution < -0.4 is 10.0 Å². The van der Waals surface area contributed by atoms with E-state index in [4.69, 9.17) is 9.72 Å². The smallest absolute Gasteiger partial charge is 0.339 e. The van der Waals surface area contributed by atoms with Gasteiger partial charge in [0.15, 0.2) is 6.61 Å². The van der Waals surface area contributed by atoms with E-state index in [0.29, 0.717) is 28.7 Å². The average Bonchev–Trinajstić information content (AvgIpc) is 2.85. The maximum absolute atomic E-state index is 13.2. The lowest BCUT2D eigenvalue weighted by atomic mass is 9.95. The maximum Gasteiger partial charge on any atom is 0.339 e. The van der Waals surface area contributed by atoms with E-state index in [0.717, 1.165) is 44.1 Å². The maximum atomic E-state index is 13.2. The summed E-state index contributed by atoms with van der Waals surface area (Å²) in [6, 6.07) is 12.6. The van der Waals surface area contributed by atoms with Gasteiger partial charge in [-0.15, -0.1) is 0 Å². The summed E-state index contributed by atoms with van der Waals surface area (Å²) in [6.45, 7) is 5.05. The van der Waals surface area contributed by atoms with Crippen LogP contribution in [0.2, 0.25) is 0 Å². The Labute approximate surface area is 215 Å². The van der Waals surface area contributed by atoms with Crippen molar-refractivity contribution < 1.29 is 27.5 Å². The Balaban J connectivity index is 1.47. The van der Waals surface area contributed by atoms with Crippen molar-refractivity contribution >= 4 is 44.4 Å². The molecule has 10 nitrogen and oxygen atoms in total. The predicted molar refractivity (Wildman–Crippen MR) is 137 cm³/mol. The third-order valence-electron chi connectivity index (χ3n) is 5.93. The van der Waals surface area contributed by atoms with Crippen molar-refractivity contribution in [2.45, 2.75) is 38.1 Å². The molecule has 194 valence electrons. The fourth-order valence-electron chi connectivity index (χ4n) is 4.35. The third-order valence-corrected chi connectivity index (χ3v) is 7.38. The number of nitrogens with one attached hydrogen (secondary N) is 2. The summed E-state index contributed by atoms with van der Waals surface area (Å²) in [7, 11) is -3.98. The largest absolute Gasteiger partial charge is 0.452 e. The van der Waals surface area contributed by atoms with Gasteiger partial charge in [-0.2, -0.15) is 0 Å². The number of amides is 2. The topological polar surface area (TPSA) is 135 Å². The number of carbonyl (C=O) groups is 3. The molecule has 0 fully saturated rings. The van der Waals surface area contributed by atoms with Gasteiger partial charge in [0.1, 0.15) is 0 Å². The van der Waals surface area contributed by atoms with Gasteiger partial charge < -0.3 is 10.1 Å². The Kier molecular flexibility index (Phi) is 7.84. The van der Waals surface area contributed by atoms with Crippen molar-refractivity contribution in [3.63, 3.8) is 0 Å². The monoisotopic (exact) mass is 524 g/mol. The molecule has 0 saturated carbocycles. The fraction of sp³-hybridized carbons (Fsp3) is 0.308. The Morgan fingerprint density at radius 1 is 1.08 bits per heavy atom. The van der Waals surface area contributed by atoms with Crippen LogP contribution in [-0.4, -0.2) is 55.8 Å². The highest BCUT2D eigenvalue weighted by atomic mass is 32.2. The number of hydrogen-bond donors (Lipinski definition) is 2. The number of para-hydroxylation sites is 1. The second-order valence-corrected chi connectivity index (χ2v) is 10.4. The van der Waals surface area contributed by atoms with Gasteiger partial charge in [-0.3, -0.25) is 19.5 Å². The van der Waals surface area contributed by atoms with Crippen LogP contribution in [0.15, 0.2) is 53.4 Å². The Morgan fingerprint density at radius 3 is 2.51 bits per heavy atom. The van der Waals surface area contributed by atoms with E-state index in [1.165, 1.54) is 24.3 Å². The SMILES string of the molecule is CCCN1CCc2nc3ccccc3c(C(=O)OCC(=O)Nc3ccc(S(=O)(=O)NC(C)=O)cc3)c2C1. The number of ether oxygens (including phenoxy) is 1. The van der Waals surface area contributed by atoms with Gasteiger partial charge in [-0.25, -0.2) is 17.9 Å². The molecule has 4 rings (SSSR count). The molecule has 2 heterocycles. The van der Waals surface area contributed by atoms with Gasteiger partial charge in [-0.05, 0) is 43.3 Å². The van der Waals surface area contributed by atoms with E-state index >= 15 is 0 Å². The zero-order chi connectivity index (χ0) is 26.6. The average molecular weight is 525 g/mol. The van der Waals surface area contributed by atoms with Crippen LogP contribution in [0.3, 0.4) is 0 Å². The molecule has 1 aliphatic rings. The predicted octanol–water partition coefficient (Wildman–Crippen LogP) is 2.62. The molecule has 2 aromatic carbocycles. The molecular formula is C26H28N4O6S. The van der Waals surface area contributed by atoms with Gasteiger partial charge in [0, 0.05) is 48.8 Å². The molecule has 3 aromatic rings. The first kappa shape index (κ1) is 26.2. The molecule has 0 atom stereocenters. The van der Waals surface area contributed by atoms with Crippen molar-refractivity contribution in [3.05, 3.63) is 65.4 Å². The lowest BCUT2D eigenvalue weighted by molar-refractivity contribution is -0.119. The van der Waals surface area contributed by atoms with Gasteiger partial charge in [0.25, 0.3) is 15.9 Å². The van der Waals surface area contributed by atoms with E-state index in [1.54, 1.807) is 0 Å². The highest BCUT2D eigenvalue weighted by molar-refractivity contribution is 7.90. The number of hydrogen-bond acceptors (Lipinski definition) is 8. The minimum absolute atomic E-state index is 0.126. The molecule has 0 saturated heterocycles. The first-order valence-corrected chi connectivity index (χ1v) is 13.4. The number of sulfonamides is 1. The number of pyridine rings is 1. The number of benzene rings is 2. The zero-order valence-electron chi connectivity index (χ0n) is 20.6. The minimum Gasteiger partial charge on any atom is -0.452 e. The third kappa shape index (κ3) is 6.12. The number of anilines is 1. The highest BCUT2D eigenvalue weighted by Gasteiger charge is 2.26. The Morgan fingerprint density at radius 2 is 1.81 bits per heavy atom. The van der Waals surface area contributed by atoms with Gasteiger partial charge in [0.05, 0.1) is 16.0 Å². The van der Waals surface area contributed by atoms with Crippen LogP contribution >= 0.6 is 0 Å². The molecule has 37 heavy (non-hydrogen) atoms. The normalized spacial score (nSPS) is 13.6. The Hall–Kier alpha value is -3.83. The molecule has 0 unspecified atom stereocenters. The first-order valence-electron chi connectivity index (χ1n) is 11.9. The van der Waals surface area contributed by atoms with Gasteiger partial charge >= 0.3 is 5.97 Å². The van der Waals surface area contributed by atoms with Crippen LogP contribution in [0.4, 0.5) is 5.69 Å². The fourth-order valence-corrected chi connectivity index (χ4v) is 5.34. The molecule has 1 aromatic heterocycles. The number of fused-ring (bicyclic) bond motifs is 2. The lowest BCUT2D eigenvalue weighted by Crippen LogP contribution is -2.33. The van der Waals surface area contributed by atoms with Crippen molar-refractivity contribution in [2.75, 3.05) is 25.0 Å². The lowest BCUT2D eigenvalue weighted by Gasteiger charge is -2.29. The quantitative estimate of drug-likeness (QED) is 0.430. The number of carbonyl (C=O) groups excluding carboxylic acids is 3. The second kappa shape index (κ2) is 11.1. The number of esters is 1.